The lowest BCUT2D eigenvalue weighted by atomic mass is 9.87. The van der Waals surface area contributed by atoms with E-state index < -0.39 is 0 Å². The van der Waals surface area contributed by atoms with E-state index in [9.17, 15) is 0 Å². The fourth-order valence-corrected chi connectivity index (χ4v) is 8.32. The monoisotopic (exact) mass is 647 g/mol. The first kappa shape index (κ1) is 28.0. The molecule has 0 bridgehead atoms. The Bertz CT molecular complexity index is 3110. The SMILES string of the molecule is c1ccc(-c2ccc(-n3c4cccc5c6c(-c7nc8ccccc8nc7-c7ccccc7)cc7ccccc7c6c6cccc3c6c54)cc2)cc1. The van der Waals surface area contributed by atoms with Gasteiger partial charge in [-0.25, -0.2) is 9.97 Å². The molecule has 0 radical (unpaired) electrons. The van der Waals surface area contributed by atoms with Crippen molar-refractivity contribution in [3.05, 3.63) is 176 Å². The van der Waals surface area contributed by atoms with E-state index >= 15 is 0 Å². The van der Waals surface area contributed by atoms with Crippen molar-refractivity contribution < 1.29 is 0 Å². The van der Waals surface area contributed by atoms with Crippen LogP contribution < -0.4 is 0 Å². The maximum atomic E-state index is 5.42. The molecule has 11 rings (SSSR count). The summed E-state index contributed by atoms with van der Waals surface area (Å²) in [7, 11) is 0. The number of nitrogens with zero attached hydrogens (tertiary/aromatic N) is 3. The van der Waals surface area contributed by atoms with Crippen molar-refractivity contribution in [2.45, 2.75) is 0 Å². The lowest BCUT2D eigenvalue weighted by molar-refractivity contribution is 1.18. The van der Waals surface area contributed by atoms with Crippen LogP contribution in [-0.2, 0) is 0 Å². The van der Waals surface area contributed by atoms with Crippen LogP contribution in [0, 0.1) is 0 Å². The molecule has 0 saturated carbocycles. The molecule has 2 heterocycles. The van der Waals surface area contributed by atoms with E-state index in [-0.39, 0.29) is 0 Å². The Morgan fingerprint density at radius 1 is 0.353 bits per heavy atom. The van der Waals surface area contributed by atoms with Gasteiger partial charge in [0.2, 0.25) is 0 Å². The van der Waals surface area contributed by atoms with Gasteiger partial charge in [0.1, 0.15) is 0 Å². The molecular formula is C48H29N3. The van der Waals surface area contributed by atoms with Crippen LogP contribution in [0.15, 0.2) is 176 Å². The van der Waals surface area contributed by atoms with Crippen LogP contribution in [0.1, 0.15) is 0 Å². The van der Waals surface area contributed by atoms with Gasteiger partial charge in [-0.15, -0.1) is 0 Å². The van der Waals surface area contributed by atoms with Crippen LogP contribution in [0.3, 0.4) is 0 Å². The molecule has 0 spiro atoms. The molecule has 0 aliphatic heterocycles. The van der Waals surface area contributed by atoms with Gasteiger partial charge in [0.25, 0.3) is 0 Å². The normalized spacial score (nSPS) is 11.9. The zero-order chi connectivity index (χ0) is 33.5. The third kappa shape index (κ3) is 4.12. The molecule has 0 aliphatic carbocycles. The van der Waals surface area contributed by atoms with Gasteiger partial charge >= 0.3 is 0 Å². The Balaban J connectivity index is 1.29. The summed E-state index contributed by atoms with van der Waals surface area (Å²) in [5.41, 5.74) is 11.7. The van der Waals surface area contributed by atoms with E-state index in [1.54, 1.807) is 0 Å². The zero-order valence-corrected chi connectivity index (χ0v) is 27.6. The third-order valence-corrected chi connectivity index (χ3v) is 10.5. The van der Waals surface area contributed by atoms with Crippen LogP contribution in [-0.4, -0.2) is 14.5 Å². The average Bonchev–Trinajstić information content (AvgIpc) is 3.55. The lowest BCUT2D eigenvalue weighted by Gasteiger charge is -2.18. The minimum Gasteiger partial charge on any atom is -0.309 e. The summed E-state index contributed by atoms with van der Waals surface area (Å²) in [5, 5.41) is 9.91. The minimum absolute atomic E-state index is 0.885. The Kier molecular flexibility index (Phi) is 5.96. The average molecular weight is 648 g/mol. The molecule has 0 saturated heterocycles. The third-order valence-electron chi connectivity index (χ3n) is 10.5. The van der Waals surface area contributed by atoms with Crippen molar-refractivity contribution in [1.82, 2.24) is 14.5 Å². The molecule has 0 unspecified atom stereocenters. The largest absolute Gasteiger partial charge is 0.309 e. The van der Waals surface area contributed by atoms with Crippen LogP contribution in [0.4, 0.5) is 0 Å². The van der Waals surface area contributed by atoms with Gasteiger partial charge in [0, 0.05) is 33.0 Å². The molecule has 0 atom stereocenters. The fraction of sp³-hybridized carbons (Fsp3) is 0. The first-order chi connectivity index (χ1) is 25.3. The molecule has 236 valence electrons. The number of fused-ring (bicyclic) bond motifs is 6. The Morgan fingerprint density at radius 3 is 1.57 bits per heavy atom. The second kappa shape index (κ2) is 10.8. The van der Waals surface area contributed by atoms with Crippen LogP contribution in [0.5, 0.6) is 0 Å². The molecule has 0 fully saturated rings. The Labute approximate surface area is 294 Å². The maximum Gasteiger partial charge on any atom is 0.0979 e. The maximum absolute atomic E-state index is 5.42. The predicted molar refractivity (Wildman–Crippen MR) is 214 cm³/mol. The van der Waals surface area contributed by atoms with Crippen molar-refractivity contribution in [2.75, 3.05) is 0 Å². The van der Waals surface area contributed by atoms with Gasteiger partial charge in [0.15, 0.2) is 0 Å². The summed E-state index contributed by atoms with van der Waals surface area (Å²) in [6, 6.07) is 62.9. The van der Waals surface area contributed by atoms with Crippen molar-refractivity contribution in [1.29, 1.82) is 0 Å². The summed E-state index contributed by atoms with van der Waals surface area (Å²) in [6.07, 6.45) is 0. The van der Waals surface area contributed by atoms with Crippen molar-refractivity contribution in [2.24, 2.45) is 0 Å². The molecule has 0 N–H and O–H groups in total. The van der Waals surface area contributed by atoms with Gasteiger partial charge in [-0.05, 0) is 80.5 Å². The highest BCUT2D eigenvalue weighted by Gasteiger charge is 2.24. The standard InChI is InChI=1S/C48H29N3/c1-3-13-30(14-4-1)31-25-27-34(28-26-31)51-41-23-11-19-36-43-35-18-8-7-17-33(35)29-38(44(43)37-20-12-24-42(51)46(37)45(36)41)48-47(32-15-5-2-6-16-32)49-39-21-9-10-22-40(39)50-48/h1-29H. The topological polar surface area (TPSA) is 30.7 Å². The molecular weight excluding hydrogens is 619 g/mol. The smallest absolute Gasteiger partial charge is 0.0979 e. The van der Waals surface area contributed by atoms with Crippen LogP contribution in [0.25, 0.3) is 104 Å². The first-order valence-electron chi connectivity index (χ1n) is 17.4. The predicted octanol–water partition coefficient (Wildman–Crippen LogP) is 12.6. The van der Waals surface area contributed by atoms with Gasteiger partial charge in [-0.2, -0.15) is 0 Å². The molecule has 9 aromatic carbocycles. The first-order valence-corrected chi connectivity index (χ1v) is 17.4. The molecule has 11 aromatic rings. The van der Waals surface area contributed by atoms with E-state index in [1.165, 1.54) is 65.3 Å². The second-order valence-electron chi connectivity index (χ2n) is 13.3. The second-order valence-corrected chi connectivity index (χ2v) is 13.3. The fourth-order valence-electron chi connectivity index (χ4n) is 8.32. The highest BCUT2D eigenvalue weighted by molar-refractivity contribution is 6.40. The van der Waals surface area contributed by atoms with Gasteiger partial charge in [-0.3, -0.25) is 0 Å². The molecule has 51 heavy (non-hydrogen) atoms. The van der Waals surface area contributed by atoms with E-state index in [0.29, 0.717) is 0 Å². The zero-order valence-electron chi connectivity index (χ0n) is 27.6. The lowest BCUT2D eigenvalue weighted by Crippen LogP contribution is -1.97. The van der Waals surface area contributed by atoms with Crippen LogP contribution >= 0.6 is 0 Å². The van der Waals surface area contributed by atoms with E-state index in [1.807, 2.05) is 12.1 Å². The summed E-state index contributed by atoms with van der Waals surface area (Å²) in [4.78, 5) is 10.7. The summed E-state index contributed by atoms with van der Waals surface area (Å²) in [6.45, 7) is 0. The molecule has 0 aliphatic rings. The van der Waals surface area contributed by atoms with Crippen molar-refractivity contribution in [3.8, 4) is 39.3 Å². The quantitative estimate of drug-likeness (QED) is 0.178. The summed E-state index contributed by atoms with van der Waals surface area (Å²) < 4.78 is 2.44. The highest BCUT2D eigenvalue weighted by atomic mass is 15.0. The van der Waals surface area contributed by atoms with Gasteiger partial charge in [-0.1, -0.05) is 133 Å². The summed E-state index contributed by atoms with van der Waals surface area (Å²) in [5.74, 6) is 0. The number of aromatic nitrogens is 3. The van der Waals surface area contributed by atoms with Gasteiger partial charge < -0.3 is 4.57 Å². The number of hydrogen-bond acceptors (Lipinski definition) is 2. The van der Waals surface area contributed by atoms with Gasteiger partial charge in [0.05, 0.1) is 33.5 Å². The molecule has 2 aromatic heterocycles. The van der Waals surface area contributed by atoms with E-state index in [4.69, 9.17) is 9.97 Å². The number of hydrogen-bond donors (Lipinski definition) is 0. The van der Waals surface area contributed by atoms with E-state index in [2.05, 4.69) is 168 Å². The highest BCUT2D eigenvalue weighted by Crippen LogP contribution is 2.49. The van der Waals surface area contributed by atoms with Crippen molar-refractivity contribution >= 4 is 65.2 Å². The Morgan fingerprint density at radius 2 is 0.882 bits per heavy atom. The number of rotatable bonds is 4. The number of benzene rings is 9. The Hall–Kier alpha value is -6.84. The molecule has 3 heteroatoms. The summed E-state index contributed by atoms with van der Waals surface area (Å²) >= 11 is 0. The van der Waals surface area contributed by atoms with Crippen molar-refractivity contribution in [3.63, 3.8) is 0 Å². The molecule has 3 nitrogen and oxygen atoms in total. The van der Waals surface area contributed by atoms with E-state index in [0.717, 1.165) is 39.2 Å². The molecule has 0 amide bonds. The number of para-hydroxylation sites is 2. The van der Waals surface area contributed by atoms with Crippen LogP contribution in [0.2, 0.25) is 0 Å². The minimum atomic E-state index is 0.885.